The van der Waals surface area contributed by atoms with Gasteiger partial charge >= 0.3 is 0 Å². The monoisotopic (exact) mass is 306 g/mol. The van der Waals surface area contributed by atoms with E-state index >= 15 is 0 Å². The van der Waals surface area contributed by atoms with Crippen LogP contribution in [0, 0.1) is 0 Å². The van der Waals surface area contributed by atoms with Gasteiger partial charge in [0.2, 0.25) is 15.9 Å². The smallest absolute Gasteiger partial charge is 0.230 e. The summed E-state index contributed by atoms with van der Waals surface area (Å²) in [6.07, 6.45) is 3.69. The number of carbonyl (C=O) groups excluding carboxylic acids is 1. The molecular formula is C15H18N2O3S. The minimum Gasteiger partial charge on any atom is -0.317 e. The molecule has 0 radical (unpaired) electrons. The Balaban J connectivity index is 1.84. The summed E-state index contributed by atoms with van der Waals surface area (Å²) in [4.78, 5) is 13.2. The third-order valence-corrected chi connectivity index (χ3v) is 4.42. The fourth-order valence-electron chi connectivity index (χ4n) is 2.00. The fourth-order valence-corrected chi connectivity index (χ4v) is 3.13. The zero-order chi connectivity index (χ0) is 15.3. The second-order valence-electron chi connectivity index (χ2n) is 4.88. The molecule has 1 N–H and O–H groups in total. The molecule has 1 amide bonds. The Morgan fingerprint density at radius 2 is 1.95 bits per heavy atom. The van der Waals surface area contributed by atoms with Crippen LogP contribution in [0.1, 0.15) is 12.0 Å². The van der Waals surface area contributed by atoms with Gasteiger partial charge in [-0.15, -0.1) is 0 Å². The highest BCUT2D eigenvalue weighted by Gasteiger charge is 2.17. The molecule has 0 saturated carbocycles. The summed E-state index contributed by atoms with van der Waals surface area (Å²) in [5.74, 6) is -0.126. The standard InChI is InChI=1S/C15H18N2O3S/c1-13-7-9-17(15(18)11-13)10-8-16-21(19,20)12-14-5-3-2-4-6-14/h2-7,9,16H,1,8,10-12H2. The van der Waals surface area contributed by atoms with E-state index in [2.05, 4.69) is 11.3 Å². The maximum Gasteiger partial charge on any atom is 0.230 e. The van der Waals surface area contributed by atoms with E-state index in [-0.39, 0.29) is 24.6 Å². The fraction of sp³-hybridized carbons (Fsp3) is 0.267. The first kappa shape index (κ1) is 15.5. The lowest BCUT2D eigenvalue weighted by Crippen LogP contribution is -2.37. The number of amides is 1. The topological polar surface area (TPSA) is 66.5 Å². The van der Waals surface area contributed by atoms with Crippen molar-refractivity contribution in [1.82, 2.24) is 9.62 Å². The first-order valence-electron chi connectivity index (χ1n) is 6.63. The maximum absolute atomic E-state index is 11.9. The highest BCUT2D eigenvalue weighted by atomic mass is 32.2. The molecule has 1 heterocycles. The zero-order valence-electron chi connectivity index (χ0n) is 11.7. The summed E-state index contributed by atoms with van der Waals surface area (Å²) in [6.45, 7) is 4.23. The van der Waals surface area contributed by atoms with Crippen molar-refractivity contribution in [3.05, 3.63) is 60.3 Å². The van der Waals surface area contributed by atoms with Crippen LogP contribution in [0.15, 0.2) is 54.8 Å². The molecule has 0 saturated heterocycles. The van der Waals surface area contributed by atoms with E-state index in [1.807, 2.05) is 6.07 Å². The van der Waals surface area contributed by atoms with Crippen LogP contribution in [0.5, 0.6) is 0 Å². The number of rotatable bonds is 6. The SMILES string of the molecule is C=C1C=CN(CCNS(=O)(=O)Cc2ccccc2)C(=O)C1. The number of benzene rings is 1. The molecule has 0 aliphatic carbocycles. The number of carbonyl (C=O) groups is 1. The normalized spacial score (nSPS) is 15.5. The Bertz CT molecular complexity index is 651. The first-order valence-corrected chi connectivity index (χ1v) is 8.28. The minimum absolute atomic E-state index is 0.0611. The predicted molar refractivity (Wildman–Crippen MR) is 81.7 cm³/mol. The molecule has 5 nitrogen and oxygen atoms in total. The molecule has 0 bridgehead atoms. The zero-order valence-corrected chi connectivity index (χ0v) is 12.5. The van der Waals surface area contributed by atoms with E-state index in [9.17, 15) is 13.2 Å². The van der Waals surface area contributed by atoms with Crippen molar-refractivity contribution in [1.29, 1.82) is 0 Å². The van der Waals surface area contributed by atoms with Gasteiger partial charge in [-0.3, -0.25) is 4.79 Å². The second kappa shape index (κ2) is 6.69. The largest absolute Gasteiger partial charge is 0.317 e. The van der Waals surface area contributed by atoms with E-state index in [1.54, 1.807) is 36.5 Å². The molecule has 1 aromatic carbocycles. The van der Waals surface area contributed by atoms with Crippen molar-refractivity contribution in [2.45, 2.75) is 12.2 Å². The summed E-state index contributed by atoms with van der Waals surface area (Å²) in [5, 5.41) is 0. The molecule has 1 aliphatic rings. The van der Waals surface area contributed by atoms with Crippen molar-refractivity contribution in [2.24, 2.45) is 0 Å². The highest BCUT2D eigenvalue weighted by molar-refractivity contribution is 7.88. The predicted octanol–water partition coefficient (Wildman–Crippen LogP) is 1.41. The summed E-state index contributed by atoms with van der Waals surface area (Å²) in [7, 11) is -3.39. The third kappa shape index (κ3) is 4.84. The lowest BCUT2D eigenvalue weighted by atomic mass is 10.1. The van der Waals surface area contributed by atoms with Crippen molar-refractivity contribution in [3.63, 3.8) is 0 Å². The molecule has 0 atom stereocenters. The van der Waals surface area contributed by atoms with Crippen molar-refractivity contribution in [3.8, 4) is 0 Å². The van der Waals surface area contributed by atoms with Gasteiger partial charge in [0, 0.05) is 19.3 Å². The van der Waals surface area contributed by atoms with E-state index in [1.165, 1.54) is 4.90 Å². The van der Waals surface area contributed by atoms with Gasteiger partial charge in [-0.2, -0.15) is 0 Å². The minimum atomic E-state index is -3.39. The molecule has 0 spiro atoms. The maximum atomic E-state index is 11.9. The summed E-state index contributed by atoms with van der Waals surface area (Å²) >= 11 is 0. The number of nitrogens with one attached hydrogen (secondary N) is 1. The van der Waals surface area contributed by atoms with Gasteiger partial charge in [0.25, 0.3) is 0 Å². The van der Waals surface area contributed by atoms with E-state index in [4.69, 9.17) is 0 Å². The highest BCUT2D eigenvalue weighted by Crippen LogP contribution is 2.11. The number of nitrogens with zero attached hydrogens (tertiary/aromatic N) is 1. The van der Waals surface area contributed by atoms with Crippen LogP contribution in [-0.2, 0) is 20.6 Å². The van der Waals surface area contributed by atoms with Gasteiger partial charge in [-0.1, -0.05) is 36.9 Å². The van der Waals surface area contributed by atoms with Gasteiger partial charge in [-0.05, 0) is 17.2 Å². The summed E-state index contributed by atoms with van der Waals surface area (Å²) in [5.41, 5.74) is 1.50. The van der Waals surface area contributed by atoms with Gasteiger partial charge in [0.15, 0.2) is 0 Å². The molecule has 0 fully saturated rings. The van der Waals surface area contributed by atoms with Crippen LogP contribution in [0.2, 0.25) is 0 Å². The van der Waals surface area contributed by atoms with E-state index in [0.29, 0.717) is 6.54 Å². The Labute approximate surface area is 125 Å². The summed E-state index contributed by atoms with van der Waals surface area (Å²) < 4.78 is 26.4. The Morgan fingerprint density at radius 1 is 1.24 bits per heavy atom. The molecule has 112 valence electrons. The lowest BCUT2D eigenvalue weighted by molar-refractivity contribution is -0.128. The van der Waals surface area contributed by atoms with Crippen LogP contribution >= 0.6 is 0 Å². The number of hydrogen-bond acceptors (Lipinski definition) is 3. The van der Waals surface area contributed by atoms with Gasteiger partial charge in [-0.25, -0.2) is 13.1 Å². The number of allylic oxidation sites excluding steroid dienone is 1. The number of sulfonamides is 1. The molecule has 1 aliphatic heterocycles. The third-order valence-electron chi connectivity index (χ3n) is 3.06. The van der Waals surface area contributed by atoms with Gasteiger partial charge in [0.05, 0.1) is 12.2 Å². The second-order valence-corrected chi connectivity index (χ2v) is 6.68. The Kier molecular flexibility index (Phi) is 4.93. The van der Waals surface area contributed by atoms with Crippen molar-refractivity contribution in [2.75, 3.05) is 13.1 Å². The number of hydrogen-bond donors (Lipinski definition) is 1. The molecule has 0 unspecified atom stereocenters. The molecule has 6 heteroatoms. The van der Waals surface area contributed by atoms with Crippen LogP contribution in [0.3, 0.4) is 0 Å². The average Bonchev–Trinajstić information content (AvgIpc) is 2.42. The van der Waals surface area contributed by atoms with Crippen molar-refractivity contribution >= 4 is 15.9 Å². The van der Waals surface area contributed by atoms with Crippen LogP contribution in [0.4, 0.5) is 0 Å². The van der Waals surface area contributed by atoms with Crippen molar-refractivity contribution < 1.29 is 13.2 Å². The van der Waals surface area contributed by atoms with Crippen LogP contribution in [-0.4, -0.2) is 32.3 Å². The van der Waals surface area contributed by atoms with E-state index < -0.39 is 10.0 Å². The molecule has 1 aromatic rings. The Hall–Kier alpha value is -1.92. The van der Waals surface area contributed by atoms with E-state index in [0.717, 1.165) is 11.1 Å². The molecular weight excluding hydrogens is 288 g/mol. The molecule has 0 aromatic heterocycles. The van der Waals surface area contributed by atoms with Crippen LogP contribution in [0.25, 0.3) is 0 Å². The summed E-state index contributed by atoms with van der Waals surface area (Å²) in [6, 6.07) is 8.97. The van der Waals surface area contributed by atoms with Gasteiger partial charge < -0.3 is 4.90 Å². The average molecular weight is 306 g/mol. The lowest BCUT2D eigenvalue weighted by Gasteiger charge is -2.22. The Morgan fingerprint density at radius 3 is 2.62 bits per heavy atom. The van der Waals surface area contributed by atoms with Crippen LogP contribution < -0.4 is 4.72 Å². The first-order chi connectivity index (χ1) is 9.96. The quantitative estimate of drug-likeness (QED) is 0.864. The molecule has 2 rings (SSSR count). The molecule has 21 heavy (non-hydrogen) atoms. The van der Waals surface area contributed by atoms with Gasteiger partial charge in [0.1, 0.15) is 0 Å².